The van der Waals surface area contributed by atoms with Crippen LogP contribution in [0.15, 0.2) is 22.7 Å². The summed E-state index contributed by atoms with van der Waals surface area (Å²) in [6.07, 6.45) is 10.5. The van der Waals surface area contributed by atoms with Crippen LogP contribution in [0.25, 0.3) is 0 Å². The number of nitrogens with zero attached hydrogens (tertiary/aromatic N) is 2. The Morgan fingerprint density at radius 1 is 0.974 bits per heavy atom. The first-order valence-electron chi connectivity index (χ1n) is 15.1. The number of halogens is 1. The zero-order chi connectivity index (χ0) is 25.9. The molecule has 6 nitrogen and oxygen atoms in total. The summed E-state index contributed by atoms with van der Waals surface area (Å²) >= 11 is 3.88. The van der Waals surface area contributed by atoms with Crippen molar-refractivity contribution in [2.45, 2.75) is 75.2 Å². The third-order valence-corrected chi connectivity index (χ3v) is 11.8. The Kier molecular flexibility index (Phi) is 6.84. The number of hydrogen-bond acceptors (Lipinski definition) is 4. The number of nitrogens with one attached hydrogen (secondary N) is 1. The van der Waals surface area contributed by atoms with Gasteiger partial charge in [-0.05, 0) is 117 Å². The number of carbonyl (C=O) groups excluding carboxylic acids is 2. The Morgan fingerprint density at radius 3 is 2.34 bits per heavy atom. The van der Waals surface area contributed by atoms with E-state index in [0.29, 0.717) is 45.3 Å². The van der Waals surface area contributed by atoms with Gasteiger partial charge in [0.15, 0.2) is 0 Å². The third kappa shape index (κ3) is 4.64. The average molecular weight is 585 g/mol. The van der Waals surface area contributed by atoms with Crippen molar-refractivity contribution < 1.29 is 14.3 Å². The summed E-state index contributed by atoms with van der Waals surface area (Å²) in [4.78, 5) is 30.7. The molecule has 0 radical (unpaired) electrons. The first-order valence-corrected chi connectivity index (χ1v) is 15.9. The van der Waals surface area contributed by atoms with Crippen molar-refractivity contribution >= 4 is 27.7 Å². The van der Waals surface area contributed by atoms with Crippen molar-refractivity contribution in [2.75, 3.05) is 45.9 Å². The van der Waals surface area contributed by atoms with Gasteiger partial charge in [0.2, 0.25) is 11.8 Å². The molecule has 38 heavy (non-hydrogen) atoms. The number of amides is 2. The van der Waals surface area contributed by atoms with Crippen molar-refractivity contribution in [3.8, 4) is 0 Å². The molecule has 5 aliphatic carbocycles. The van der Waals surface area contributed by atoms with Crippen LogP contribution in [-0.4, -0.2) is 73.6 Å². The molecule has 1 unspecified atom stereocenters. The number of rotatable bonds is 5. The van der Waals surface area contributed by atoms with Gasteiger partial charge in [0.05, 0.1) is 19.8 Å². The molecule has 8 rings (SSSR count). The van der Waals surface area contributed by atoms with Crippen molar-refractivity contribution in [1.82, 2.24) is 15.1 Å². The van der Waals surface area contributed by atoms with Gasteiger partial charge in [-0.1, -0.05) is 28.1 Å². The molecule has 206 valence electrons. The van der Waals surface area contributed by atoms with Gasteiger partial charge in [-0.25, -0.2) is 0 Å². The molecule has 1 spiro atoms. The molecule has 0 aromatic heterocycles. The molecular formula is C31H42BrN3O3. The third-order valence-electron chi connectivity index (χ3n) is 11.2. The van der Waals surface area contributed by atoms with E-state index in [2.05, 4.69) is 44.3 Å². The second-order valence-corrected chi connectivity index (χ2v) is 14.2. The van der Waals surface area contributed by atoms with Crippen molar-refractivity contribution in [1.29, 1.82) is 0 Å². The van der Waals surface area contributed by atoms with Gasteiger partial charge in [-0.3, -0.25) is 14.5 Å². The van der Waals surface area contributed by atoms with E-state index in [1.807, 2.05) is 4.90 Å². The summed E-state index contributed by atoms with van der Waals surface area (Å²) < 4.78 is 6.64. The summed E-state index contributed by atoms with van der Waals surface area (Å²) in [6, 6.07) is 6.96. The Balaban J connectivity index is 0.983. The summed E-state index contributed by atoms with van der Waals surface area (Å²) in [7, 11) is 0. The van der Waals surface area contributed by atoms with E-state index in [1.54, 1.807) is 0 Å². The highest BCUT2D eigenvalue weighted by atomic mass is 79.9. The summed E-state index contributed by atoms with van der Waals surface area (Å²) in [6.45, 7) is 5.13. The monoisotopic (exact) mass is 583 g/mol. The lowest BCUT2D eigenvalue weighted by Gasteiger charge is -2.54. The number of fused-ring (bicyclic) bond motifs is 2. The summed E-state index contributed by atoms with van der Waals surface area (Å²) in [5.41, 5.74) is 2.88. The molecule has 1 N–H and O–H groups in total. The predicted octanol–water partition coefficient (Wildman–Crippen LogP) is 4.46. The first kappa shape index (κ1) is 25.5. The lowest BCUT2D eigenvalue weighted by atomic mass is 9.54. The van der Waals surface area contributed by atoms with Crippen LogP contribution in [0.1, 0.15) is 74.8 Å². The van der Waals surface area contributed by atoms with E-state index in [-0.39, 0.29) is 23.1 Å². The number of piperidine rings is 1. The molecule has 7 aliphatic rings. The fourth-order valence-electron chi connectivity index (χ4n) is 9.65. The Bertz CT molecular complexity index is 1050. The minimum Gasteiger partial charge on any atom is -0.378 e. The van der Waals surface area contributed by atoms with Crippen molar-refractivity contribution in [3.05, 3.63) is 33.8 Å². The minimum atomic E-state index is 0.0970. The van der Waals surface area contributed by atoms with Crippen LogP contribution < -0.4 is 5.32 Å². The van der Waals surface area contributed by atoms with Crippen molar-refractivity contribution in [3.63, 3.8) is 0 Å². The maximum atomic E-state index is 13.2. The largest absolute Gasteiger partial charge is 0.378 e. The number of morpholine rings is 1. The second-order valence-electron chi connectivity index (χ2n) is 13.4. The highest BCUT2D eigenvalue weighted by Crippen LogP contribution is 2.55. The van der Waals surface area contributed by atoms with Gasteiger partial charge < -0.3 is 15.0 Å². The lowest BCUT2D eigenvalue weighted by Crippen LogP contribution is -2.57. The maximum Gasteiger partial charge on any atom is 0.234 e. The van der Waals surface area contributed by atoms with E-state index >= 15 is 0 Å². The molecule has 2 amide bonds. The van der Waals surface area contributed by atoms with Crippen molar-refractivity contribution in [2.24, 2.45) is 23.7 Å². The minimum absolute atomic E-state index is 0.0970. The van der Waals surface area contributed by atoms with Gasteiger partial charge in [-0.15, -0.1) is 0 Å². The Morgan fingerprint density at radius 2 is 1.66 bits per heavy atom. The summed E-state index contributed by atoms with van der Waals surface area (Å²) in [5.74, 6) is 4.09. The highest BCUT2D eigenvalue weighted by molar-refractivity contribution is 9.10. The van der Waals surface area contributed by atoms with Gasteiger partial charge in [-0.2, -0.15) is 0 Å². The quantitative estimate of drug-likeness (QED) is 0.556. The smallest absolute Gasteiger partial charge is 0.234 e. The Hall–Kier alpha value is -1.44. The molecule has 7 heteroatoms. The maximum absolute atomic E-state index is 13.2. The molecule has 1 atom stereocenters. The van der Waals surface area contributed by atoms with Gasteiger partial charge >= 0.3 is 0 Å². The average Bonchev–Trinajstić information content (AvgIpc) is 3.21. The number of carbonyl (C=O) groups is 2. The number of ether oxygens (including phenoxy) is 1. The zero-order valence-corrected chi connectivity index (χ0v) is 24.1. The second kappa shape index (κ2) is 10.2. The number of benzene rings is 1. The van der Waals surface area contributed by atoms with Crippen LogP contribution in [0.2, 0.25) is 0 Å². The molecule has 2 aliphatic heterocycles. The van der Waals surface area contributed by atoms with E-state index in [1.165, 1.54) is 47.7 Å². The van der Waals surface area contributed by atoms with Crippen LogP contribution in [-0.2, 0) is 19.7 Å². The lowest BCUT2D eigenvalue weighted by molar-refractivity contribution is -0.135. The topological polar surface area (TPSA) is 61.9 Å². The van der Waals surface area contributed by atoms with Gasteiger partial charge in [0.25, 0.3) is 0 Å². The van der Waals surface area contributed by atoms with Crippen LogP contribution in [0.3, 0.4) is 0 Å². The van der Waals surface area contributed by atoms with E-state index in [9.17, 15) is 9.59 Å². The molecule has 2 saturated heterocycles. The van der Waals surface area contributed by atoms with Gasteiger partial charge in [0.1, 0.15) is 0 Å². The molecule has 6 fully saturated rings. The standard InChI is InChI=1S/C31H42BrN3O3/c32-26-3-1-2-25-24(17-28(37)35-8-10-38-11-9-35)18-31(29(25)26)4-6-34(7-5-31)19-27(36)33-30-22-13-20-12-21(15-22)16-23(30)14-20/h1-3,20-24,30H,4-19H2,(H,33,36). The normalized spacial score (nSPS) is 35.4. The highest BCUT2D eigenvalue weighted by Gasteiger charge is 2.49. The van der Waals surface area contributed by atoms with Crippen LogP contribution in [0.5, 0.6) is 0 Å². The molecule has 1 aromatic rings. The zero-order valence-electron chi connectivity index (χ0n) is 22.5. The molecule has 1 aromatic carbocycles. The van der Waals surface area contributed by atoms with E-state index in [0.717, 1.165) is 56.0 Å². The van der Waals surface area contributed by atoms with Crippen LogP contribution >= 0.6 is 15.9 Å². The molecule has 4 bridgehead atoms. The van der Waals surface area contributed by atoms with Crippen LogP contribution in [0, 0.1) is 23.7 Å². The molecule has 4 saturated carbocycles. The SMILES string of the molecule is O=C(CN1CCC2(CC1)CC(CC(=O)N1CCOCC1)c1cccc(Br)c12)NC1C2CC3CC(C2)CC1C3. The van der Waals surface area contributed by atoms with E-state index in [4.69, 9.17) is 4.74 Å². The van der Waals surface area contributed by atoms with Gasteiger partial charge in [0, 0.05) is 30.0 Å². The number of hydrogen-bond donors (Lipinski definition) is 1. The number of likely N-dealkylation sites (tertiary alicyclic amines) is 1. The predicted molar refractivity (Wildman–Crippen MR) is 150 cm³/mol. The molecule has 2 heterocycles. The first-order chi connectivity index (χ1) is 18.5. The fraction of sp³-hybridized carbons (Fsp3) is 0.742. The summed E-state index contributed by atoms with van der Waals surface area (Å²) in [5, 5.41) is 3.52. The fourth-order valence-corrected chi connectivity index (χ4v) is 10.4. The molecular weight excluding hydrogens is 542 g/mol. The van der Waals surface area contributed by atoms with Crippen LogP contribution in [0.4, 0.5) is 0 Å². The Labute approximate surface area is 235 Å². The van der Waals surface area contributed by atoms with E-state index < -0.39 is 0 Å².